The van der Waals surface area contributed by atoms with Gasteiger partial charge in [-0.1, -0.05) is 67.1 Å². The van der Waals surface area contributed by atoms with Gasteiger partial charge in [-0.05, 0) is 54.1 Å². The molecule has 158 valence electrons. The van der Waals surface area contributed by atoms with Crippen molar-refractivity contribution in [2.75, 3.05) is 0 Å². The van der Waals surface area contributed by atoms with E-state index >= 15 is 0 Å². The summed E-state index contributed by atoms with van der Waals surface area (Å²) in [5.74, 6) is 0.378. The number of thioether (sulfide) groups is 1. The number of rotatable bonds is 6. The highest BCUT2D eigenvalue weighted by Gasteiger charge is 2.37. The van der Waals surface area contributed by atoms with E-state index in [0.717, 1.165) is 33.7 Å². The van der Waals surface area contributed by atoms with Gasteiger partial charge in [0.25, 0.3) is 11.1 Å². The molecule has 0 radical (unpaired) electrons. The van der Waals surface area contributed by atoms with Crippen LogP contribution in [-0.4, -0.2) is 22.1 Å². The Morgan fingerprint density at radius 2 is 1.81 bits per heavy atom. The van der Waals surface area contributed by atoms with E-state index in [9.17, 15) is 9.59 Å². The number of nitrogens with zero attached hydrogens (tertiary/aromatic N) is 1. The standard InChI is InChI=1S/C25H22ClNO3S/c1-3-16(2)27-24(28)23(31-25(27)29)14-20-19-10-6-4-8-17(19)12-13-22(20)30-15-18-9-5-7-11-21(18)26/h4-14,16H,3,15H2,1-2H3/b23-14+/t16-/m0/s1. The van der Waals surface area contributed by atoms with Gasteiger partial charge in [0.2, 0.25) is 0 Å². The Kier molecular flexibility index (Phi) is 6.35. The lowest BCUT2D eigenvalue weighted by Gasteiger charge is -2.19. The van der Waals surface area contributed by atoms with Gasteiger partial charge >= 0.3 is 0 Å². The van der Waals surface area contributed by atoms with Gasteiger partial charge in [-0.3, -0.25) is 14.5 Å². The maximum Gasteiger partial charge on any atom is 0.293 e. The van der Waals surface area contributed by atoms with E-state index in [-0.39, 0.29) is 17.2 Å². The van der Waals surface area contributed by atoms with E-state index in [1.54, 1.807) is 6.08 Å². The summed E-state index contributed by atoms with van der Waals surface area (Å²) in [6.45, 7) is 4.14. The Morgan fingerprint density at radius 3 is 2.58 bits per heavy atom. The van der Waals surface area contributed by atoms with E-state index in [1.165, 1.54) is 4.90 Å². The van der Waals surface area contributed by atoms with Crippen molar-refractivity contribution in [3.05, 3.63) is 81.7 Å². The normalized spacial score (nSPS) is 16.4. The smallest absolute Gasteiger partial charge is 0.293 e. The van der Waals surface area contributed by atoms with Crippen molar-refractivity contribution < 1.29 is 14.3 Å². The molecule has 1 saturated heterocycles. The third kappa shape index (κ3) is 4.34. The highest BCUT2D eigenvalue weighted by atomic mass is 35.5. The van der Waals surface area contributed by atoms with Gasteiger partial charge in [-0.2, -0.15) is 0 Å². The Labute approximate surface area is 190 Å². The Hall–Kier alpha value is -2.76. The molecule has 1 fully saturated rings. The van der Waals surface area contributed by atoms with Crippen molar-refractivity contribution in [2.24, 2.45) is 0 Å². The van der Waals surface area contributed by atoms with Crippen molar-refractivity contribution in [3.63, 3.8) is 0 Å². The molecule has 4 nitrogen and oxygen atoms in total. The van der Waals surface area contributed by atoms with Gasteiger partial charge in [0.1, 0.15) is 12.4 Å². The van der Waals surface area contributed by atoms with Gasteiger partial charge in [0.15, 0.2) is 0 Å². The van der Waals surface area contributed by atoms with Crippen LogP contribution >= 0.6 is 23.4 Å². The number of ether oxygens (including phenoxy) is 1. The minimum atomic E-state index is -0.255. The fourth-order valence-corrected chi connectivity index (χ4v) is 4.60. The highest BCUT2D eigenvalue weighted by Crippen LogP contribution is 2.38. The molecular formula is C25H22ClNO3S. The number of fused-ring (bicyclic) bond motifs is 1. The zero-order chi connectivity index (χ0) is 22.0. The van der Waals surface area contributed by atoms with Gasteiger partial charge in [-0.25, -0.2) is 0 Å². The molecule has 1 aliphatic rings. The number of amides is 2. The summed E-state index contributed by atoms with van der Waals surface area (Å²) in [5.41, 5.74) is 1.65. The molecule has 1 heterocycles. The summed E-state index contributed by atoms with van der Waals surface area (Å²) in [6, 6.07) is 19.2. The number of hydrogen-bond acceptors (Lipinski definition) is 4. The van der Waals surface area contributed by atoms with Crippen molar-refractivity contribution in [3.8, 4) is 5.75 Å². The molecule has 0 aliphatic carbocycles. The third-order valence-electron chi connectivity index (χ3n) is 5.40. The van der Waals surface area contributed by atoms with Crippen molar-refractivity contribution in [1.29, 1.82) is 0 Å². The van der Waals surface area contributed by atoms with Crippen molar-refractivity contribution in [2.45, 2.75) is 32.9 Å². The second kappa shape index (κ2) is 9.16. The number of benzene rings is 3. The van der Waals surface area contributed by atoms with Crippen LogP contribution in [0.3, 0.4) is 0 Å². The van der Waals surface area contributed by atoms with Gasteiger partial charge in [0.05, 0.1) is 4.91 Å². The third-order valence-corrected chi connectivity index (χ3v) is 6.65. The predicted molar refractivity (Wildman–Crippen MR) is 127 cm³/mol. The summed E-state index contributed by atoms with van der Waals surface area (Å²) < 4.78 is 6.13. The van der Waals surface area contributed by atoms with Crippen LogP contribution in [0.2, 0.25) is 5.02 Å². The van der Waals surface area contributed by atoms with E-state index in [0.29, 0.717) is 28.7 Å². The molecule has 0 aromatic heterocycles. The summed E-state index contributed by atoms with van der Waals surface area (Å²) in [5, 5.41) is 2.39. The van der Waals surface area contributed by atoms with Gasteiger partial charge in [0, 0.05) is 22.2 Å². The predicted octanol–water partition coefficient (Wildman–Crippen LogP) is 6.91. The molecule has 0 saturated carbocycles. The second-order valence-electron chi connectivity index (χ2n) is 7.39. The first-order chi connectivity index (χ1) is 15.0. The van der Waals surface area contributed by atoms with Gasteiger partial charge in [-0.15, -0.1) is 0 Å². The number of halogens is 1. The molecular weight excluding hydrogens is 430 g/mol. The molecule has 2 amide bonds. The van der Waals surface area contributed by atoms with Crippen LogP contribution in [-0.2, 0) is 11.4 Å². The largest absolute Gasteiger partial charge is 0.488 e. The molecule has 31 heavy (non-hydrogen) atoms. The number of hydrogen-bond donors (Lipinski definition) is 0. The van der Waals surface area contributed by atoms with E-state index in [2.05, 4.69) is 0 Å². The van der Waals surface area contributed by atoms with Crippen LogP contribution < -0.4 is 4.74 Å². The van der Waals surface area contributed by atoms with E-state index in [4.69, 9.17) is 16.3 Å². The van der Waals surface area contributed by atoms with Crippen LogP contribution in [0.1, 0.15) is 31.4 Å². The summed E-state index contributed by atoms with van der Waals surface area (Å²) >= 11 is 7.25. The molecule has 3 aromatic rings. The fraction of sp³-hybridized carbons (Fsp3) is 0.200. The number of carbonyl (C=O) groups is 2. The maximum absolute atomic E-state index is 12.9. The van der Waals surface area contributed by atoms with Crippen molar-refractivity contribution in [1.82, 2.24) is 4.90 Å². The number of carbonyl (C=O) groups excluding carboxylic acids is 2. The summed E-state index contributed by atoms with van der Waals surface area (Å²) in [7, 11) is 0. The van der Waals surface area contributed by atoms with Crippen LogP contribution in [0, 0.1) is 0 Å². The first kappa shape index (κ1) is 21.5. The minimum Gasteiger partial charge on any atom is -0.488 e. The van der Waals surface area contributed by atoms with Crippen molar-refractivity contribution >= 4 is 51.4 Å². The average Bonchev–Trinajstić information content (AvgIpc) is 3.06. The first-order valence-electron chi connectivity index (χ1n) is 10.1. The van der Waals surface area contributed by atoms with Crippen LogP contribution in [0.25, 0.3) is 16.8 Å². The molecule has 0 bridgehead atoms. The molecule has 1 aliphatic heterocycles. The summed E-state index contributed by atoms with van der Waals surface area (Å²) in [4.78, 5) is 27.2. The SMILES string of the molecule is CC[C@H](C)N1C(=O)S/C(=C/c2c(OCc3ccccc3Cl)ccc3ccccc23)C1=O. The highest BCUT2D eigenvalue weighted by molar-refractivity contribution is 8.18. The van der Waals surface area contributed by atoms with Crippen LogP contribution in [0.5, 0.6) is 5.75 Å². The molecule has 0 N–H and O–H groups in total. The van der Waals surface area contributed by atoms with Gasteiger partial charge < -0.3 is 4.74 Å². The summed E-state index contributed by atoms with van der Waals surface area (Å²) in [6.07, 6.45) is 2.49. The lowest BCUT2D eigenvalue weighted by Crippen LogP contribution is -2.36. The second-order valence-corrected chi connectivity index (χ2v) is 8.79. The molecule has 1 atom stereocenters. The fourth-order valence-electron chi connectivity index (χ4n) is 3.49. The molecule has 0 spiro atoms. The monoisotopic (exact) mass is 451 g/mol. The molecule has 6 heteroatoms. The van der Waals surface area contributed by atoms with Crippen LogP contribution in [0.4, 0.5) is 4.79 Å². The zero-order valence-corrected chi connectivity index (χ0v) is 18.9. The Bertz CT molecular complexity index is 1190. The zero-order valence-electron chi connectivity index (χ0n) is 17.3. The quantitative estimate of drug-likeness (QED) is 0.382. The van der Waals surface area contributed by atoms with E-state index in [1.807, 2.05) is 74.5 Å². The molecule has 4 rings (SSSR count). The maximum atomic E-state index is 12.9. The Balaban J connectivity index is 1.74. The first-order valence-corrected chi connectivity index (χ1v) is 11.3. The Morgan fingerprint density at radius 1 is 1.06 bits per heavy atom. The molecule has 0 unspecified atom stereocenters. The minimum absolute atomic E-state index is 0.137. The topological polar surface area (TPSA) is 46.6 Å². The van der Waals surface area contributed by atoms with E-state index < -0.39 is 0 Å². The lowest BCUT2D eigenvalue weighted by molar-refractivity contribution is -0.124. The lowest BCUT2D eigenvalue weighted by atomic mass is 10.0. The number of imide groups is 1. The average molecular weight is 452 g/mol. The molecule has 3 aromatic carbocycles. The van der Waals surface area contributed by atoms with Crippen LogP contribution in [0.15, 0.2) is 65.6 Å².